The van der Waals surface area contributed by atoms with Gasteiger partial charge in [0.05, 0.1) is 17.6 Å². The number of para-hydroxylation sites is 1. The van der Waals surface area contributed by atoms with Crippen molar-refractivity contribution in [1.82, 2.24) is 0 Å². The second-order valence-electron chi connectivity index (χ2n) is 5.12. The second-order valence-corrected chi connectivity index (χ2v) is 5.56. The molecule has 0 unspecified atom stereocenters. The number of rotatable bonds is 5. The molecule has 3 aromatic rings. The van der Waals surface area contributed by atoms with Gasteiger partial charge in [-0.25, -0.2) is 4.79 Å². The molecule has 0 saturated carbocycles. The minimum atomic E-state index is -0.510. The maximum atomic E-state index is 12.0. The van der Waals surface area contributed by atoms with Crippen molar-refractivity contribution in [3.8, 4) is 11.5 Å². The van der Waals surface area contributed by atoms with Crippen LogP contribution in [0.3, 0.4) is 0 Å². The summed E-state index contributed by atoms with van der Waals surface area (Å²) in [5.74, 6) is 0.659. The largest absolute Gasteiger partial charge is 0.507 e. The summed E-state index contributed by atoms with van der Waals surface area (Å²) in [6, 6.07) is 14.0. The summed E-state index contributed by atoms with van der Waals surface area (Å²) in [7, 11) is 0. The first-order valence-corrected chi connectivity index (χ1v) is 7.65. The first kappa shape index (κ1) is 15.4. The van der Waals surface area contributed by atoms with Crippen molar-refractivity contribution in [2.75, 3.05) is 6.61 Å². The highest BCUT2D eigenvalue weighted by molar-refractivity contribution is 6.30. The highest BCUT2D eigenvalue weighted by atomic mass is 35.5. The van der Waals surface area contributed by atoms with Crippen LogP contribution in [-0.4, -0.2) is 11.7 Å². The maximum absolute atomic E-state index is 12.0. The van der Waals surface area contributed by atoms with Gasteiger partial charge >= 0.3 is 5.63 Å². The van der Waals surface area contributed by atoms with Crippen LogP contribution in [0.4, 0.5) is 0 Å². The molecule has 0 saturated heterocycles. The molecule has 23 heavy (non-hydrogen) atoms. The third-order valence-corrected chi connectivity index (χ3v) is 3.75. The number of fused-ring (bicyclic) bond motifs is 1. The van der Waals surface area contributed by atoms with E-state index >= 15 is 0 Å². The van der Waals surface area contributed by atoms with Gasteiger partial charge in [-0.3, -0.25) is 0 Å². The monoisotopic (exact) mass is 330 g/mol. The summed E-state index contributed by atoms with van der Waals surface area (Å²) in [6.07, 6.45) is 0.947. The van der Waals surface area contributed by atoms with Gasteiger partial charge in [0.2, 0.25) is 0 Å². The fraction of sp³-hybridized carbons (Fsp3) is 0.167. The van der Waals surface area contributed by atoms with Crippen LogP contribution in [-0.2, 0) is 6.42 Å². The van der Waals surface area contributed by atoms with E-state index in [1.54, 1.807) is 42.5 Å². The minimum Gasteiger partial charge on any atom is -0.507 e. The molecule has 1 N–H and O–H groups in total. The molecule has 0 aliphatic rings. The molecule has 0 fully saturated rings. The zero-order valence-corrected chi connectivity index (χ0v) is 13.0. The Balaban J connectivity index is 1.69. The number of aromatic hydroxyl groups is 1. The Morgan fingerprint density at radius 1 is 1.13 bits per heavy atom. The van der Waals surface area contributed by atoms with Gasteiger partial charge in [-0.05, 0) is 43.2 Å². The highest BCUT2D eigenvalue weighted by Gasteiger charge is 2.13. The van der Waals surface area contributed by atoms with Crippen LogP contribution < -0.4 is 10.4 Å². The van der Waals surface area contributed by atoms with Crippen LogP contribution in [0.1, 0.15) is 12.0 Å². The van der Waals surface area contributed by atoms with E-state index in [9.17, 15) is 9.90 Å². The first-order valence-electron chi connectivity index (χ1n) is 7.27. The predicted molar refractivity (Wildman–Crippen MR) is 89.4 cm³/mol. The van der Waals surface area contributed by atoms with Gasteiger partial charge < -0.3 is 14.3 Å². The zero-order chi connectivity index (χ0) is 16.2. The quantitative estimate of drug-likeness (QED) is 0.563. The van der Waals surface area contributed by atoms with Crippen molar-refractivity contribution < 1.29 is 14.3 Å². The molecule has 118 valence electrons. The molecule has 3 rings (SSSR count). The van der Waals surface area contributed by atoms with E-state index in [1.807, 2.05) is 6.07 Å². The molecule has 0 aliphatic carbocycles. The van der Waals surface area contributed by atoms with Crippen LogP contribution in [0.25, 0.3) is 11.0 Å². The molecule has 1 heterocycles. The smallest absolute Gasteiger partial charge is 0.343 e. The first-order chi connectivity index (χ1) is 11.1. The van der Waals surface area contributed by atoms with Crippen molar-refractivity contribution in [2.24, 2.45) is 0 Å². The predicted octanol–water partition coefficient (Wildman–Crippen LogP) is 4.16. The Bertz CT molecular complexity index is 886. The molecular weight excluding hydrogens is 316 g/mol. The van der Waals surface area contributed by atoms with Crippen molar-refractivity contribution in [2.45, 2.75) is 12.8 Å². The number of hydrogen-bond donors (Lipinski definition) is 1. The third kappa shape index (κ3) is 3.48. The number of hydrogen-bond acceptors (Lipinski definition) is 4. The topological polar surface area (TPSA) is 59.7 Å². The molecule has 0 radical (unpaired) electrons. The van der Waals surface area contributed by atoms with Crippen LogP contribution in [0.15, 0.2) is 57.7 Å². The lowest BCUT2D eigenvalue weighted by Crippen LogP contribution is -2.10. The van der Waals surface area contributed by atoms with E-state index in [0.29, 0.717) is 41.2 Å². The highest BCUT2D eigenvalue weighted by Crippen LogP contribution is 2.26. The molecule has 1 aromatic heterocycles. The Morgan fingerprint density at radius 2 is 1.96 bits per heavy atom. The summed E-state index contributed by atoms with van der Waals surface area (Å²) >= 11 is 5.88. The van der Waals surface area contributed by atoms with Crippen molar-refractivity contribution >= 4 is 22.6 Å². The SMILES string of the molecule is O=c1oc2ccccc2c(O)c1CCCOc1cccc(Cl)c1. The Hall–Kier alpha value is -2.46. The molecule has 0 spiro atoms. The van der Waals surface area contributed by atoms with Gasteiger partial charge in [-0.2, -0.15) is 0 Å². The van der Waals surface area contributed by atoms with Crippen molar-refractivity contribution in [3.05, 3.63) is 69.5 Å². The number of benzene rings is 2. The second kappa shape index (κ2) is 6.75. The fourth-order valence-corrected chi connectivity index (χ4v) is 2.57. The standard InChI is InChI=1S/C18H15ClO4/c19-12-5-3-6-13(11-12)22-10-4-8-15-17(20)14-7-1-2-9-16(14)23-18(15)21/h1-3,5-7,9,11,20H,4,8,10H2. The molecule has 4 nitrogen and oxygen atoms in total. The number of halogens is 1. The Kier molecular flexibility index (Phi) is 4.53. The Labute approximate surface area is 137 Å². The minimum absolute atomic E-state index is 0.0143. The third-order valence-electron chi connectivity index (χ3n) is 3.51. The van der Waals surface area contributed by atoms with Gasteiger partial charge in [0.25, 0.3) is 0 Å². The van der Waals surface area contributed by atoms with E-state index < -0.39 is 5.63 Å². The lowest BCUT2D eigenvalue weighted by molar-refractivity contribution is 0.309. The summed E-state index contributed by atoms with van der Waals surface area (Å²) in [5, 5.41) is 11.4. The average Bonchev–Trinajstić information content (AvgIpc) is 2.54. The Morgan fingerprint density at radius 3 is 2.78 bits per heavy atom. The molecule has 5 heteroatoms. The zero-order valence-electron chi connectivity index (χ0n) is 12.3. The van der Waals surface area contributed by atoms with Gasteiger partial charge in [-0.1, -0.05) is 29.8 Å². The fourth-order valence-electron chi connectivity index (χ4n) is 2.39. The number of ether oxygens (including phenoxy) is 1. The van der Waals surface area contributed by atoms with Crippen LogP contribution >= 0.6 is 11.6 Å². The molecular formula is C18H15ClO4. The van der Waals surface area contributed by atoms with Gasteiger partial charge in [0, 0.05) is 5.02 Å². The van der Waals surface area contributed by atoms with E-state index in [4.69, 9.17) is 20.8 Å². The summed E-state index contributed by atoms with van der Waals surface area (Å²) in [4.78, 5) is 12.0. The maximum Gasteiger partial charge on any atom is 0.343 e. The molecule has 0 atom stereocenters. The summed E-state index contributed by atoms with van der Waals surface area (Å²) < 4.78 is 10.8. The van der Waals surface area contributed by atoms with E-state index in [1.165, 1.54) is 0 Å². The van der Waals surface area contributed by atoms with Crippen LogP contribution in [0.5, 0.6) is 11.5 Å². The van der Waals surface area contributed by atoms with Gasteiger partial charge in [0.1, 0.15) is 17.1 Å². The average molecular weight is 331 g/mol. The van der Waals surface area contributed by atoms with Crippen LogP contribution in [0, 0.1) is 0 Å². The molecule has 0 amide bonds. The lowest BCUT2D eigenvalue weighted by Gasteiger charge is -2.08. The molecule has 2 aromatic carbocycles. The normalized spacial score (nSPS) is 10.8. The van der Waals surface area contributed by atoms with E-state index in [-0.39, 0.29) is 11.3 Å². The van der Waals surface area contributed by atoms with Gasteiger partial charge in [-0.15, -0.1) is 0 Å². The summed E-state index contributed by atoms with van der Waals surface area (Å²) in [5.41, 5.74) is 0.149. The van der Waals surface area contributed by atoms with Crippen LogP contribution in [0.2, 0.25) is 5.02 Å². The van der Waals surface area contributed by atoms with E-state index in [2.05, 4.69) is 0 Å². The van der Waals surface area contributed by atoms with Gasteiger partial charge in [0.15, 0.2) is 0 Å². The van der Waals surface area contributed by atoms with E-state index in [0.717, 1.165) is 0 Å². The lowest BCUT2D eigenvalue weighted by atomic mass is 10.1. The molecule has 0 bridgehead atoms. The molecule has 0 aliphatic heterocycles. The summed E-state index contributed by atoms with van der Waals surface area (Å²) in [6.45, 7) is 0.409. The van der Waals surface area contributed by atoms with Crippen molar-refractivity contribution in [1.29, 1.82) is 0 Å². The van der Waals surface area contributed by atoms with Crippen molar-refractivity contribution in [3.63, 3.8) is 0 Å².